The second-order valence-electron chi connectivity index (χ2n) is 3.35. The standard InChI is InChI=1S/C10H15BrN2O3/c1-3-5-7-9(11)10(15)13(12-7)6-8(14)16-4-2/h12H,3-6H2,1-2H3. The summed E-state index contributed by atoms with van der Waals surface area (Å²) in [7, 11) is 0. The molecule has 0 amide bonds. The first kappa shape index (κ1) is 13.0. The van der Waals surface area contributed by atoms with Crippen molar-refractivity contribution >= 4 is 21.9 Å². The number of aromatic amines is 1. The van der Waals surface area contributed by atoms with Crippen LogP contribution in [0, 0.1) is 0 Å². The molecule has 0 atom stereocenters. The number of nitrogens with zero attached hydrogens (tertiary/aromatic N) is 1. The zero-order chi connectivity index (χ0) is 12.1. The van der Waals surface area contributed by atoms with Gasteiger partial charge in [-0.15, -0.1) is 0 Å². The zero-order valence-electron chi connectivity index (χ0n) is 9.38. The van der Waals surface area contributed by atoms with Gasteiger partial charge in [0.1, 0.15) is 11.0 Å². The normalized spacial score (nSPS) is 10.4. The molecule has 0 aliphatic rings. The molecule has 6 heteroatoms. The molecule has 5 nitrogen and oxygen atoms in total. The Labute approximate surface area is 102 Å². The van der Waals surface area contributed by atoms with E-state index in [0.29, 0.717) is 11.1 Å². The molecule has 90 valence electrons. The second kappa shape index (κ2) is 5.89. The molecule has 0 fully saturated rings. The van der Waals surface area contributed by atoms with Crippen LogP contribution >= 0.6 is 15.9 Å². The smallest absolute Gasteiger partial charge is 0.327 e. The summed E-state index contributed by atoms with van der Waals surface area (Å²) in [5.74, 6) is -0.415. The maximum absolute atomic E-state index is 11.7. The Balaban J connectivity index is 2.85. The van der Waals surface area contributed by atoms with Crippen molar-refractivity contribution in [3.63, 3.8) is 0 Å². The monoisotopic (exact) mass is 290 g/mol. The Morgan fingerprint density at radius 2 is 2.19 bits per heavy atom. The molecule has 1 N–H and O–H groups in total. The van der Waals surface area contributed by atoms with Gasteiger partial charge in [0, 0.05) is 0 Å². The number of nitrogens with one attached hydrogen (secondary N) is 1. The summed E-state index contributed by atoms with van der Waals surface area (Å²) in [6.07, 6.45) is 1.70. The lowest BCUT2D eigenvalue weighted by molar-refractivity contribution is -0.144. The van der Waals surface area contributed by atoms with Crippen molar-refractivity contribution in [2.75, 3.05) is 6.61 Å². The number of aryl methyl sites for hydroxylation is 1. The lowest BCUT2D eigenvalue weighted by atomic mass is 10.3. The molecule has 1 heterocycles. The highest BCUT2D eigenvalue weighted by molar-refractivity contribution is 9.10. The maximum Gasteiger partial charge on any atom is 0.327 e. The highest BCUT2D eigenvalue weighted by Gasteiger charge is 2.13. The van der Waals surface area contributed by atoms with Gasteiger partial charge in [-0.1, -0.05) is 13.3 Å². The summed E-state index contributed by atoms with van der Waals surface area (Å²) in [5.41, 5.74) is 0.591. The SMILES string of the molecule is CCCc1[nH]n(CC(=O)OCC)c(=O)c1Br. The Morgan fingerprint density at radius 3 is 2.75 bits per heavy atom. The van der Waals surface area contributed by atoms with Crippen molar-refractivity contribution in [2.24, 2.45) is 0 Å². The number of ether oxygens (including phenoxy) is 1. The number of rotatable bonds is 5. The van der Waals surface area contributed by atoms with Gasteiger partial charge in [0.2, 0.25) is 0 Å². The van der Waals surface area contributed by atoms with Crippen LogP contribution in [0.15, 0.2) is 9.27 Å². The number of carbonyl (C=O) groups excluding carboxylic acids is 1. The lowest BCUT2D eigenvalue weighted by Gasteiger charge is -2.01. The molecule has 0 aliphatic heterocycles. The van der Waals surface area contributed by atoms with E-state index in [4.69, 9.17) is 4.74 Å². The quantitative estimate of drug-likeness (QED) is 0.835. The van der Waals surface area contributed by atoms with Crippen LogP contribution < -0.4 is 5.56 Å². The van der Waals surface area contributed by atoms with Crippen LogP contribution in [0.1, 0.15) is 26.0 Å². The largest absolute Gasteiger partial charge is 0.465 e. The number of halogens is 1. The molecule has 1 aromatic heterocycles. The van der Waals surface area contributed by atoms with E-state index >= 15 is 0 Å². The van der Waals surface area contributed by atoms with Crippen molar-refractivity contribution < 1.29 is 9.53 Å². The first-order valence-corrected chi connectivity index (χ1v) is 6.02. The molecule has 1 rings (SSSR count). The van der Waals surface area contributed by atoms with Crippen molar-refractivity contribution in [1.82, 2.24) is 9.78 Å². The van der Waals surface area contributed by atoms with E-state index in [1.165, 1.54) is 4.68 Å². The van der Waals surface area contributed by atoms with Gasteiger partial charge in [0.05, 0.1) is 12.3 Å². The number of hydrogen-bond donors (Lipinski definition) is 1. The van der Waals surface area contributed by atoms with Gasteiger partial charge in [-0.05, 0) is 29.3 Å². The van der Waals surface area contributed by atoms with E-state index in [0.717, 1.165) is 18.5 Å². The van der Waals surface area contributed by atoms with Crippen LogP contribution in [-0.4, -0.2) is 22.4 Å². The summed E-state index contributed by atoms with van der Waals surface area (Å²) in [4.78, 5) is 22.9. The first-order chi connectivity index (χ1) is 7.60. The molecule has 0 aromatic carbocycles. The molecular formula is C10H15BrN2O3. The minimum atomic E-state index is -0.415. The van der Waals surface area contributed by atoms with Gasteiger partial charge in [-0.3, -0.25) is 14.7 Å². The summed E-state index contributed by atoms with van der Waals surface area (Å²) in [6.45, 7) is 3.99. The van der Waals surface area contributed by atoms with Crippen LogP contribution in [-0.2, 0) is 22.5 Å². The van der Waals surface area contributed by atoms with E-state index in [1.807, 2.05) is 6.92 Å². The lowest BCUT2D eigenvalue weighted by Crippen LogP contribution is -2.23. The minimum absolute atomic E-state index is 0.0744. The van der Waals surface area contributed by atoms with Gasteiger partial charge in [-0.2, -0.15) is 0 Å². The zero-order valence-corrected chi connectivity index (χ0v) is 11.0. The van der Waals surface area contributed by atoms with Gasteiger partial charge in [-0.25, -0.2) is 4.68 Å². The number of esters is 1. The van der Waals surface area contributed by atoms with Crippen LogP contribution in [0.3, 0.4) is 0 Å². The van der Waals surface area contributed by atoms with Crippen LogP contribution in [0.2, 0.25) is 0 Å². The van der Waals surface area contributed by atoms with Crippen molar-refractivity contribution in [1.29, 1.82) is 0 Å². The first-order valence-electron chi connectivity index (χ1n) is 5.22. The fourth-order valence-corrected chi connectivity index (χ4v) is 1.87. The molecule has 0 aliphatic carbocycles. The Bertz CT molecular complexity index is 422. The summed E-state index contributed by atoms with van der Waals surface area (Å²) < 4.78 is 6.53. The van der Waals surface area contributed by atoms with Crippen molar-refractivity contribution in [3.8, 4) is 0 Å². The third-order valence-corrected chi connectivity index (χ3v) is 2.88. The van der Waals surface area contributed by atoms with Gasteiger partial charge >= 0.3 is 5.97 Å². The minimum Gasteiger partial charge on any atom is -0.465 e. The van der Waals surface area contributed by atoms with Crippen molar-refractivity contribution in [2.45, 2.75) is 33.2 Å². The predicted molar refractivity (Wildman–Crippen MR) is 63.4 cm³/mol. The third-order valence-electron chi connectivity index (χ3n) is 2.06. The molecule has 16 heavy (non-hydrogen) atoms. The number of H-pyrrole nitrogens is 1. The van der Waals surface area contributed by atoms with E-state index in [2.05, 4.69) is 21.0 Å². The molecule has 0 unspecified atom stereocenters. The fourth-order valence-electron chi connectivity index (χ4n) is 1.37. The Morgan fingerprint density at radius 1 is 1.50 bits per heavy atom. The Kier molecular flexibility index (Phi) is 4.79. The van der Waals surface area contributed by atoms with Crippen LogP contribution in [0.25, 0.3) is 0 Å². The topological polar surface area (TPSA) is 64.1 Å². The number of carbonyl (C=O) groups is 1. The van der Waals surface area contributed by atoms with Gasteiger partial charge < -0.3 is 4.74 Å². The average Bonchev–Trinajstić information content (AvgIpc) is 2.48. The summed E-state index contributed by atoms with van der Waals surface area (Å²) >= 11 is 3.21. The van der Waals surface area contributed by atoms with Gasteiger partial charge in [0.15, 0.2) is 0 Å². The van der Waals surface area contributed by atoms with E-state index in [9.17, 15) is 9.59 Å². The molecular weight excluding hydrogens is 276 g/mol. The highest BCUT2D eigenvalue weighted by Crippen LogP contribution is 2.11. The van der Waals surface area contributed by atoms with Crippen molar-refractivity contribution in [3.05, 3.63) is 20.5 Å². The highest BCUT2D eigenvalue weighted by atomic mass is 79.9. The maximum atomic E-state index is 11.7. The van der Waals surface area contributed by atoms with E-state index < -0.39 is 5.97 Å². The third kappa shape index (κ3) is 2.98. The number of aromatic nitrogens is 2. The Hall–Kier alpha value is -1.04. The van der Waals surface area contributed by atoms with Gasteiger partial charge in [0.25, 0.3) is 5.56 Å². The fraction of sp³-hybridized carbons (Fsp3) is 0.600. The predicted octanol–water partition coefficient (Wildman–Crippen LogP) is 1.45. The molecule has 0 saturated carbocycles. The second-order valence-corrected chi connectivity index (χ2v) is 4.14. The number of hydrogen-bond acceptors (Lipinski definition) is 3. The average molecular weight is 291 g/mol. The molecule has 0 radical (unpaired) electrons. The molecule has 0 saturated heterocycles. The van der Waals surface area contributed by atoms with E-state index in [-0.39, 0.29) is 12.1 Å². The van der Waals surface area contributed by atoms with Crippen LogP contribution in [0.4, 0.5) is 0 Å². The molecule has 0 spiro atoms. The summed E-state index contributed by atoms with van der Waals surface area (Å²) in [6, 6.07) is 0. The molecule has 0 bridgehead atoms. The van der Waals surface area contributed by atoms with E-state index in [1.54, 1.807) is 6.92 Å². The van der Waals surface area contributed by atoms with Crippen LogP contribution in [0.5, 0.6) is 0 Å². The summed E-state index contributed by atoms with van der Waals surface area (Å²) in [5, 5.41) is 2.90. The molecule has 1 aromatic rings.